The Kier molecular flexibility index (Phi) is 6.56. The first-order chi connectivity index (χ1) is 19.1. The van der Waals surface area contributed by atoms with E-state index in [4.69, 9.17) is 20.4 Å². The fourth-order valence-electron chi connectivity index (χ4n) is 7.14. The number of nitriles is 2. The zero-order valence-corrected chi connectivity index (χ0v) is 23.8. The van der Waals surface area contributed by atoms with Crippen LogP contribution in [0.15, 0.2) is 5.38 Å². The van der Waals surface area contributed by atoms with Crippen molar-refractivity contribution in [3.05, 3.63) is 22.1 Å². The molecular formula is C28H35FN8O2S. The molecule has 4 saturated heterocycles. The Morgan fingerprint density at radius 3 is 2.50 bits per heavy atom. The normalized spacial score (nSPS) is 29.5. The molecular weight excluding hydrogens is 531 g/mol. The number of β-amino-alcohol motifs (C(OH)–C–C–N with tert-alkyl or cyclic N) is 1. The first kappa shape index (κ1) is 27.0. The molecule has 40 heavy (non-hydrogen) atoms. The Morgan fingerprint density at radius 2 is 1.80 bits per heavy atom. The number of nitrogen functional groups attached to an aromatic ring is 1. The van der Waals surface area contributed by atoms with Gasteiger partial charge in [-0.15, -0.1) is 11.3 Å². The van der Waals surface area contributed by atoms with Gasteiger partial charge in [-0.1, -0.05) is 6.92 Å². The number of halogens is 1. The van der Waals surface area contributed by atoms with Gasteiger partial charge < -0.3 is 25.4 Å². The van der Waals surface area contributed by atoms with Crippen LogP contribution in [0.4, 0.5) is 21.0 Å². The van der Waals surface area contributed by atoms with E-state index in [0.29, 0.717) is 73.3 Å². The van der Waals surface area contributed by atoms with Crippen LogP contribution in [0.25, 0.3) is 0 Å². The molecule has 4 aliphatic heterocycles. The number of nitrogens with two attached hydrogens (primary N) is 1. The summed E-state index contributed by atoms with van der Waals surface area (Å²) in [5.41, 5.74) is 6.22. The third-order valence-corrected chi connectivity index (χ3v) is 9.94. The van der Waals surface area contributed by atoms with Crippen molar-refractivity contribution in [2.75, 3.05) is 61.4 Å². The standard InChI is InChI=1S/C28H35FN8O2S/c1-26(21-13-40-22(32)19(21)10-30)14-36(15-26)24-20(11-31)23(35-7-3-5-27(2,38)16-35)33-25(34-24)39-17-28-6-4-8-37(28)12-18(29)9-28/h13,18,38H,3-9,12,14-17,32H2,1-2H3/t18-,27?,28+/m1/s1. The summed E-state index contributed by atoms with van der Waals surface area (Å²) in [7, 11) is 0. The van der Waals surface area contributed by atoms with E-state index >= 15 is 0 Å². The van der Waals surface area contributed by atoms with Crippen LogP contribution in [-0.2, 0) is 5.41 Å². The van der Waals surface area contributed by atoms with Gasteiger partial charge in [0, 0.05) is 44.6 Å². The maximum Gasteiger partial charge on any atom is 0.320 e. The summed E-state index contributed by atoms with van der Waals surface area (Å²) >= 11 is 1.36. The number of rotatable bonds is 6. The zero-order valence-electron chi connectivity index (χ0n) is 23.0. The van der Waals surface area contributed by atoms with E-state index in [-0.39, 0.29) is 23.6 Å². The Bertz CT molecular complexity index is 1390. The van der Waals surface area contributed by atoms with Crippen LogP contribution in [0, 0.1) is 22.7 Å². The van der Waals surface area contributed by atoms with Gasteiger partial charge in [0.15, 0.2) is 11.6 Å². The van der Waals surface area contributed by atoms with E-state index in [1.165, 1.54) is 11.3 Å². The highest BCUT2D eigenvalue weighted by molar-refractivity contribution is 7.14. The molecule has 0 amide bonds. The second-order valence-electron chi connectivity index (χ2n) is 12.4. The van der Waals surface area contributed by atoms with Gasteiger partial charge in [0.1, 0.15) is 35.5 Å². The molecule has 12 heteroatoms. The largest absolute Gasteiger partial charge is 0.461 e. The first-order valence-electron chi connectivity index (χ1n) is 13.9. The zero-order chi connectivity index (χ0) is 28.3. The van der Waals surface area contributed by atoms with E-state index in [2.05, 4.69) is 24.0 Å². The van der Waals surface area contributed by atoms with Crippen LogP contribution < -0.4 is 20.3 Å². The number of aromatic nitrogens is 2. The van der Waals surface area contributed by atoms with Gasteiger partial charge in [0.25, 0.3) is 0 Å². The summed E-state index contributed by atoms with van der Waals surface area (Å²) in [6, 6.07) is 4.72. The lowest BCUT2D eigenvalue weighted by Crippen LogP contribution is -2.58. The molecule has 0 aromatic carbocycles. The van der Waals surface area contributed by atoms with E-state index < -0.39 is 11.8 Å². The molecule has 4 fully saturated rings. The van der Waals surface area contributed by atoms with Crippen LogP contribution in [-0.4, -0.2) is 83.2 Å². The number of hydrogen-bond acceptors (Lipinski definition) is 11. The van der Waals surface area contributed by atoms with Crippen LogP contribution in [0.5, 0.6) is 6.01 Å². The van der Waals surface area contributed by atoms with Gasteiger partial charge in [0.2, 0.25) is 0 Å². The average molecular weight is 567 g/mol. The molecule has 212 valence electrons. The Balaban J connectivity index is 1.33. The van der Waals surface area contributed by atoms with Crippen LogP contribution in [0.2, 0.25) is 0 Å². The molecule has 10 nitrogen and oxygen atoms in total. The summed E-state index contributed by atoms with van der Waals surface area (Å²) < 4.78 is 20.6. The van der Waals surface area contributed by atoms with E-state index in [0.717, 1.165) is 31.4 Å². The second kappa shape index (κ2) is 9.72. The maximum atomic E-state index is 14.4. The monoisotopic (exact) mass is 566 g/mol. The van der Waals surface area contributed by atoms with E-state index in [1.54, 1.807) is 6.92 Å². The van der Waals surface area contributed by atoms with Crippen molar-refractivity contribution in [1.82, 2.24) is 14.9 Å². The minimum atomic E-state index is -0.900. The maximum absolute atomic E-state index is 14.4. The number of fused-ring (bicyclic) bond motifs is 1. The summed E-state index contributed by atoms with van der Waals surface area (Å²) in [4.78, 5) is 15.6. The van der Waals surface area contributed by atoms with Crippen LogP contribution >= 0.6 is 11.3 Å². The van der Waals surface area contributed by atoms with E-state index in [9.17, 15) is 20.0 Å². The summed E-state index contributed by atoms with van der Waals surface area (Å²) in [6.07, 6.45) is 2.89. The topological polar surface area (TPSA) is 139 Å². The van der Waals surface area contributed by atoms with Crippen molar-refractivity contribution in [2.24, 2.45) is 0 Å². The molecule has 3 N–H and O–H groups in total. The molecule has 4 aliphatic rings. The number of ether oxygens (including phenoxy) is 1. The van der Waals surface area contributed by atoms with Crippen molar-refractivity contribution >= 4 is 28.0 Å². The Hall–Kier alpha value is -3.19. The third-order valence-electron chi connectivity index (χ3n) is 9.13. The quantitative estimate of drug-likeness (QED) is 0.537. The lowest BCUT2D eigenvalue weighted by atomic mass is 9.75. The third kappa shape index (κ3) is 4.52. The second-order valence-corrected chi connectivity index (χ2v) is 13.4. The van der Waals surface area contributed by atoms with Crippen molar-refractivity contribution in [3.63, 3.8) is 0 Å². The lowest BCUT2D eigenvalue weighted by Gasteiger charge is -2.49. The van der Waals surface area contributed by atoms with Crippen molar-refractivity contribution < 1.29 is 14.2 Å². The molecule has 2 aromatic heterocycles. The number of alkyl halides is 1. The Labute approximate surface area is 237 Å². The van der Waals surface area contributed by atoms with Gasteiger partial charge >= 0.3 is 6.01 Å². The highest BCUT2D eigenvalue weighted by Crippen LogP contribution is 2.45. The smallest absolute Gasteiger partial charge is 0.320 e. The fourth-order valence-corrected chi connectivity index (χ4v) is 8.06. The highest BCUT2D eigenvalue weighted by Gasteiger charge is 2.50. The summed E-state index contributed by atoms with van der Waals surface area (Å²) in [6.45, 7) is 7.54. The Morgan fingerprint density at radius 1 is 1.10 bits per heavy atom. The molecule has 0 aliphatic carbocycles. The first-order valence-corrected chi connectivity index (χ1v) is 14.8. The molecule has 0 radical (unpaired) electrons. The van der Waals surface area contributed by atoms with Gasteiger partial charge in [-0.05, 0) is 50.1 Å². The summed E-state index contributed by atoms with van der Waals surface area (Å²) in [5.74, 6) is 0.923. The molecule has 6 heterocycles. The number of nitrogens with zero attached hydrogens (tertiary/aromatic N) is 7. The number of piperidine rings is 1. The fraction of sp³-hybridized carbons (Fsp3) is 0.643. The van der Waals surface area contributed by atoms with E-state index in [1.807, 2.05) is 15.2 Å². The van der Waals surface area contributed by atoms with Crippen molar-refractivity contribution in [2.45, 2.75) is 68.7 Å². The SMILES string of the molecule is CC1(O)CCCN(c2nc(OC[C@@]34CCCN3C[C@H](F)C4)nc(N3CC(C)(c4csc(N)c4C#N)C3)c2C#N)C1. The lowest BCUT2D eigenvalue weighted by molar-refractivity contribution is 0.0446. The highest BCUT2D eigenvalue weighted by atomic mass is 32.1. The average Bonchev–Trinajstić information content (AvgIpc) is 3.55. The molecule has 6 rings (SSSR count). The van der Waals surface area contributed by atoms with Crippen molar-refractivity contribution in [3.8, 4) is 18.1 Å². The van der Waals surface area contributed by atoms with Crippen LogP contribution in [0.1, 0.15) is 62.6 Å². The molecule has 0 spiro atoms. The minimum Gasteiger partial charge on any atom is -0.461 e. The molecule has 1 unspecified atom stereocenters. The predicted octanol–water partition coefficient (Wildman–Crippen LogP) is 2.95. The number of hydrogen-bond donors (Lipinski definition) is 2. The van der Waals surface area contributed by atoms with Crippen LogP contribution in [0.3, 0.4) is 0 Å². The van der Waals surface area contributed by atoms with Gasteiger partial charge in [-0.25, -0.2) is 4.39 Å². The molecule has 2 aromatic rings. The summed E-state index contributed by atoms with van der Waals surface area (Å²) in [5, 5.41) is 33.2. The number of aliphatic hydroxyl groups is 1. The number of anilines is 3. The number of thiophene rings is 1. The van der Waals surface area contributed by atoms with Gasteiger partial charge in [-0.3, -0.25) is 4.90 Å². The molecule has 0 saturated carbocycles. The minimum absolute atomic E-state index is 0.156. The predicted molar refractivity (Wildman–Crippen MR) is 150 cm³/mol. The van der Waals surface area contributed by atoms with Crippen molar-refractivity contribution in [1.29, 1.82) is 10.5 Å². The molecule has 3 atom stereocenters. The molecule has 0 bridgehead atoms. The van der Waals surface area contributed by atoms with Gasteiger partial charge in [-0.2, -0.15) is 20.5 Å². The van der Waals surface area contributed by atoms with Gasteiger partial charge in [0.05, 0.1) is 16.7 Å².